The second kappa shape index (κ2) is 4.07. The molecule has 72 valence electrons. The average Bonchev–Trinajstić information content (AvgIpc) is 2.18. The molecule has 1 N–H and O–H groups in total. The fourth-order valence-corrected chi connectivity index (χ4v) is 1.19. The van der Waals surface area contributed by atoms with Gasteiger partial charge in [0.2, 0.25) is 0 Å². The van der Waals surface area contributed by atoms with E-state index < -0.39 is 12.1 Å². The highest BCUT2D eigenvalue weighted by molar-refractivity contribution is 6.30. The van der Waals surface area contributed by atoms with Gasteiger partial charge in [-0.2, -0.15) is 0 Å². The van der Waals surface area contributed by atoms with Crippen molar-refractivity contribution in [3.05, 3.63) is 34.9 Å². The second-order valence-corrected chi connectivity index (χ2v) is 3.80. The van der Waals surface area contributed by atoms with Gasteiger partial charge in [-0.1, -0.05) is 30.7 Å². The third-order valence-corrected chi connectivity index (χ3v) is 2.44. The van der Waals surface area contributed by atoms with Crippen LogP contribution in [0.25, 0.3) is 0 Å². The molecule has 3 heteroatoms. The molecule has 0 aliphatic carbocycles. The summed E-state index contributed by atoms with van der Waals surface area (Å²) in [7, 11) is 0. The zero-order valence-electron chi connectivity index (χ0n) is 7.43. The van der Waals surface area contributed by atoms with Crippen molar-refractivity contribution in [2.24, 2.45) is 0 Å². The minimum atomic E-state index is -0.801. The third kappa shape index (κ3) is 2.20. The van der Waals surface area contributed by atoms with E-state index in [-0.39, 0.29) is 6.61 Å². The summed E-state index contributed by atoms with van der Waals surface area (Å²) in [5.41, 5.74) is -0.0354. The van der Waals surface area contributed by atoms with Crippen LogP contribution >= 0.6 is 11.6 Å². The van der Waals surface area contributed by atoms with Crippen molar-refractivity contribution in [3.63, 3.8) is 0 Å². The number of benzene rings is 1. The average molecular weight is 203 g/mol. The standard InChI is InChI=1S/C10H12ClFO/c1-10(6-12,7-13)8-2-4-9(11)5-3-8/h2-5,13H,6-7H2,1H3. The van der Waals surface area contributed by atoms with Crippen molar-refractivity contribution in [1.29, 1.82) is 0 Å². The highest BCUT2D eigenvalue weighted by Crippen LogP contribution is 2.24. The molecule has 0 aliphatic heterocycles. The van der Waals surface area contributed by atoms with Crippen molar-refractivity contribution in [1.82, 2.24) is 0 Å². The molecule has 0 saturated heterocycles. The minimum absolute atomic E-state index is 0.203. The van der Waals surface area contributed by atoms with Gasteiger partial charge in [-0.25, -0.2) is 0 Å². The molecule has 0 aliphatic rings. The SMILES string of the molecule is CC(CO)(CF)c1ccc(Cl)cc1. The van der Waals surface area contributed by atoms with Gasteiger partial charge >= 0.3 is 0 Å². The maximum absolute atomic E-state index is 12.6. The highest BCUT2D eigenvalue weighted by Gasteiger charge is 2.25. The summed E-state index contributed by atoms with van der Waals surface area (Å²) in [4.78, 5) is 0. The minimum Gasteiger partial charge on any atom is -0.395 e. The Kier molecular flexibility index (Phi) is 3.28. The second-order valence-electron chi connectivity index (χ2n) is 3.36. The third-order valence-electron chi connectivity index (χ3n) is 2.19. The molecular weight excluding hydrogens is 191 g/mol. The lowest BCUT2D eigenvalue weighted by atomic mass is 9.85. The van der Waals surface area contributed by atoms with Gasteiger partial charge in [-0.15, -0.1) is 0 Å². The quantitative estimate of drug-likeness (QED) is 0.799. The topological polar surface area (TPSA) is 20.2 Å². The van der Waals surface area contributed by atoms with Gasteiger partial charge in [0.25, 0.3) is 0 Å². The Balaban J connectivity index is 2.99. The molecule has 0 amide bonds. The van der Waals surface area contributed by atoms with Crippen LogP contribution in [0, 0.1) is 0 Å². The molecule has 1 unspecified atom stereocenters. The van der Waals surface area contributed by atoms with Crippen LogP contribution in [0.3, 0.4) is 0 Å². The van der Waals surface area contributed by atoms with E-state index in [0.717, 1.165) is 5.56 Å². The molecular formula is C10H12ClFO. The van der Waals surface area contributed by atoms with Gasteiger partial charge < -0.3 is 5.11 Å². The first-order valence-electron chi connectivity index (χ1n) is 4.05. The molecule has 0 spiro atoms. The van der Waals surface area contributed by atoms with E-state index in [0.29, 0.717) is 5.02 Å². The predicted molar refractivity (Wildman–Crippen MR) is 51.9 cm³/mol. The van der Waals surface area contributed by atoms with E-state index in [9.17, 15) is 4.39 Å². The zero-order chi connectivity index (χ0) is 9.90. The fourth-order valence-electron chi connectivity index (χ4n) is 1.06. The number of aliphatic hydroxyl groups excluding tert-OH is 1. The summed E-state index contributed by atoms with van der Waals surface area (Å²) >= 11 is 5.69. The van der Waals surface area contributed by atoms with Crippen LogP contribution in [0.1, 0.15) is 12.5 Å². The molecule has 1 aromatic rings. The van der Waals surface area contributed by atoms with Crippen molar-refractivity contribution in [2.45, 2.75) is 12.3 Å². The largest absolute Gasteiger partial charge is 0.395 e. The maximum Gasteiger partial charge on any atom is 0.101 e. The van der Waals surface area contributed by atoms with Gasteiger partial charge in [0.05, 0.1) is 6.61 Å². The summed E-state index contributed by atoms with van der Waals surface area (Å²) in [6.07, 6.45) is 0. The first kappa shape index (κ1) is 10.5. The predicted octanol–water partition coefficient (Wildman–Crippen LogP) is 2.56. The number of halogens is 2. The molecule has 0 heterocycles. The van der Waals surface area contributed by atoms with Crippen molar-refractivity contribution in [2.75, 3.05) is 13.3 Å². The Bertz CT molecular complexity index is 267. The highest BCUT2D eigenvalue weighted by atomic mass is 35.5. The normalized spacial score (nSPS) is 15.4. The van der Waals surface area contributed by atoms with Crippen LogP contribution in [0.5, 0.6) is 0 Å². The number of aliphatic hydroxyl groups is 1. The van der Waals surface area contributed by atoms with E-state index in [1.807, 2.05) is 0 Å². The first-order chi connectivity index (χ1) is 6.12. The van der Waals surface area contributed by atoms with Crippen LogP contribution in [0.2, 0.25) is 5.02 Å². The van der Waals surface area contributed by atoms with E-state index in [1.54, 1.807) is 31.2 Å². The molecule has 0 saturated carbocycles. The summed E-state index contributed by atoms with van der Waals surface area (Å²) in [5, 5.41) is 9.65. The van der Waals surface area contributed by atoms with E-state index >= 15 is 0 Å². The van der Waals surface area contributed by atoms with Gasteiger partial charge in [-0.3, -0.25) is 4.39 Å². The molecule has 0 radical (unpaired) electrons. The van der Waals surface area contributed by atoms with Crippen LogP contribution in [0.4, 0.5) is 4.39 Å². The van der Waals surface area contributed by atoms with Crippen molar-refractivity contribution in [3.8, 4) is 0 Å². The smallest absolute Gasteiger partial charge is 0.101 e. The molecule has 0 bridgehead atoms. The molecule has 13 heavy (non-hydrogen) atoms. The van der Waals surface area contributed by atoms with Crippen LogP contribution in [-0.4, -0.2) is 18.4 Å². The molecule has 1 rings (SSSR count). The van der Waals surface area contributed by atoms with Crippen LogP contribution in [-0.2, 0) is 5.41 Å². The van der Waals surface area contributed by atoms with Crippen LogP contribution < -0.4 is 0 Å². The van der Waals surface area contributed by atoms with E-state index in [2.05, 4.69) is 0 Å². The Morgan fingerprint density at radius 2 is 1.92 bits per heavy atom. The molecule has 1 atom stereocenters. The van der Waals surface area contributed by atoms with Crippen molar-refractivity contribution < 1.29 is 9.50 Å². The Labute approximate surface area is 82.2 Å². The van der Waals surface area contributed by atoms with E-state index in [4.69, 9.17) is 16.7 Å². The number of alkyl halides is 1. The molecule has 1 aromatic carbocycles. The Morgan fingerprint density at radius 3 is 2.31 bits per heavy atom. The Hall–Kier alpha value is -0.600. The van der Waals surface area contributed by atoms with Gasteiger partial charge in [0.15, 0.2) is 0 Å². The number of hydrogen-bond donors (Lipinski definition) is 1. The summed E-state index contributed by atoms with van der Waals surface area (Å²) < 4.78 is 12.6. The number of hydrogen-bond acceptors (Lipinski definition) is 1. The lowest BCUT2D eigenvalue weighted by Crippen LogP contribution is -2.28. The molecule has 1 nitrogen and oxygen atoms in total. The summed E-state index contributed by atoms with van der Waals surface area (Å²) in [6.45, 7) is 0.895. The lowest BCUT2D eigenvalue weighted by Gasteiger charge is -2.23. The fraction of sp³-hybridized carbons (Fsp3) is 0.400. The monoisotopic (exact) mass is 202 g/mol. The van der Waals surface area contributed by atoms with Gasteiger partial charge in [0.1, 0.15) is 6.67 Å². The first-order valence-corrected chi connectivity index (χ1v) is 4.43. The zero-order valence-corrected chi connectivity index (χ0v) is 8.18. The number of rotatable bonds is 3. The summed E-state index contributed by atoms with van der Waals surface area (Å²) in [6, 6.07) is 6.86. The lowest BCUT2D eigenvalue weighted by molar-refractivity contribution is 0.175. The van der Waals surface area contributed by atoms with Crippen molar-refractivity contribution >= 4 is 11.6 Å². The molecule has 0 aromatic heterocycles. The van der Waals surface area contributed by atoms with Crippen LogP contribution in [0.15, 0.2) is 24.3 Å². The summed E-state index contributed by atoms with van der Waals surface area (Å²) in [5.74, 6) is 0. The van der Waals surface area contributed by atoms with Gasteiger partial charge in [-0.05, 0) is 17.7 Å². The maximum atomic E-state index is 12.6. The molecule has 0 fully saturated rings. The van der Waals surface area contributed by atoms with E-state index in [1.165, 1.54) is 0 Å². The Morgan fingerprint density at radius 1 is 1.38 bits per heavy atom. The van der Waals surface area contributed by atoms with Gasteiger partial charge in [0, 0.05) is 10.4 Å².